The predicted octanol–water partition coefficient (Wildman–Crippen LogP) is 2.37. The maximum absolute atomic E-state index is 9.10. The van der Waals surface area contributed by atoms with Crippen LogP contribution in [0.2, 0.25) is 0 Å². The number of carboxylic acid groups (broad SMARTS) is 2. The van der Waals surface area contributed by atoms with Crippen molar-refractivity contribution >= 4 is 11.9 Å². The maximum atomic E-state index is 9.10. The molecule has 0 spiro atoms. The monoisotopic (exact) mass is 335 g/mol. The van der Waals surface area contributed by atoms with Crippen molar-refractivity contribution in [3.8, 4) is 5.75 Å². The molecule has 1 aromatic carbocycles. The van der Waals surface area contributed by atoms with E-state index in [2.05, 4.69) is 36.2 Å². The molecule has 1 saturated carbocycles. The van der Waals surface area contributed by atoms with Crippen molar-refractivity contribution in [3.63, 3.8) is 0 Å². The Hall–Kier alpha value is -2.08. The number of fused-ring (bicyclic) bond motifs is 2. The minimum absolute atomic E-state index is 0.421. The largest absolute Gasteiger partial charge is 0.497 e. The summed E-state index contributed by atoms with van der Waals surface area (Å²) in [6.07, 6.45) is 6.69. The summed E-state index contributed by atoms with van der Waals surface area (Å²) >= 11 is 0. The minimum Gasteiger partial charge on any atom is -0.497 e. The quantitative estimate of drug-likeness (QED) is 0.807. The number of hydrogen-bond acceptors (Lipinski definition) is 4. The molecule has 6 heteroatoms. The fraction of sp³-hybridized carbons (Fsp3) is 0.556. The topological polar surface area (TPSA) is 87.1 Å². The van der Waals surface area contributed by atoms with Crippen molar-refractivity contribution in [2.75, 3.05) is 20.7 Å². The van der Waals surface area contributed by atoms with E-state index in [1.54, 1.807) is 7.11 Å². The first-order valence-electron chi connectivity index (χ1n) is 8.19. The van der Waals surface area contributed by atoms with E-state index in [4.69, 9.17) is 24.5 Å². The molecule has 2 fully saturated rings. The summed E-state index contributed by atoms with van der Waals surface area (Å²) in [5.74, 6) is -2.65. The molecule has 6 nitrogen and oxygen atoms in total. The van der Waals surface area contributed by atoms with E-state index in [-0.39, 0.29) is 0 Å². The SMILES string of the molecule is COc1cccc(C23CCCN(C)C(CC2)C3)c1.O=C(O)C(=O)O. The smallest absolute Gasteiger partial charge is 0.414 e. The molecule has 1 aliphatic carbocycles. The van der Waals surface area contributed by atoms with E-state index in [0.29, 0.717) is 5.41 Å². The molecule has 1 aromatic rings. The Morgan fingerprint density at radius 3 is 2.58 bits per heavy atom. The van der Waals surface area contributed by atoms with Gasteiger partial charge in [-0.3, -0.25) is 0 Å². The van der Waals surface area contributed by atoms with Gasteiger partial charge in [-0.25, -0.2) is 9.59 Å². The molecule has 1 saturated heterocycles. The number of carboxylic acids is 2. The molecular weight excluding hydrogens is 310 g/mol. The zero-order valence-corrected chi connectivity index (χ0v) is 14.2. The summed E-state index contributed by atoms with van der Waals surface area (Å²) in [6, 6.07) is 9.54. The van der Waals surface area contributed by atoms with Crippen LogP contribution < -0.4 is 4.74 Å². The Balaban J connectivity index is 0.000000301. The predicted molar refractivity (Wildman–Crippen MR) is 89.4 cm³/mol. The van der Waals surface area contributed by atoms with Gasteiger partial charge in [-0.2, -0.15) is 0 Å². The average Bonchev–Trinajstić information content (AvgIpc) is 2.93. The van der Waals surface area contributed by atoms with Gasteiger partial charge in [0.1, 0.15) is 5.75 Å². The fourth-order valence-corrected chi connectivity index (χ4v) is 3.91. The highest BCUT2D eigenvalue weighted by Crippen LogP contribution is 2.48. The highest BCUT2D eigenvalue weighted by molar-refractivity contribution is 6.27. The summed E-state index contributed by atoms with van der Waals surface area (Å²) in [4.78, 5) is 20.8. The number of methoxy groups -OCH3 is 1. The van der Waals surface area contributed by atoms with Gasteiger partial charge in [0.2, 0.25) is 0 Å². The van der Waals surface area contributed by atoms with Crippen LogP contribution >= 0.6 is 0 Å². The second-order valence-electron chi connectivity index (χ2n) is 6.60. The van der Waals surface area contributed by atoms with Crippen molar-refractivity contribution in [3.05, 3.63) is 29.8 Å². The zero-order valence-electron chi connectivity index (χ0n) is 14.2. The number of rotatable bonds is 2. The normalized spacial score (nSPS) is 26.0. The third-order valence-electron chi connectivity index (χ3n) is 5.24. The lowest BCUT2D eigenvalue weighted by Crippen LogP contribution is -2.29. The number of nitrogens with zero attached hydrogens (tertiary/aromatic N) is 1. The van der Waals surface area contributed by atoms with Crippen molar-refractivity contribution in [1.29, 1.82) is 0 Å². The molecular formula is C18H25NO5. The van der Waals surface area contributed by atoms with Crippen LogP contribution in [0, 0.1) is 0 Å². The number of hydrogen-bond donors (Lipinski definition) is 2. The summed E-state index contributed by atoms with van der Waals surface area (Å²) in [5.41, 5.74) is 1.92. The lowest BCUT2D eigenvalue weighted by atomic mass is 9.75. The third-order valence-corrected chi connectivity index (χ3v) is 5.24. The molecule has 3 rings (SSSR count). The fourth-order valence-electron chi connectivity index (χ4n) is 3.91. The average molecular weight is 335 g/mol. The number of carbonyl (C=O) groups is 2. The van der Waals surface area contributed by atoms with Crippen LogP contribution in [-0.4, -0.2) is 53.8 Å². The first kappa shape index (κ1) is 18.3. The molecule has 2 unspecified atom stereocenters. The molecule has 24 heavy (non-hydrogen) atoms. The Bertz CT molecular complexity index is 591. The highest BCUT2D eigenvalue weighted by atomic mass is 16.5. The van der Waals surface area contributed by atoms with E-state index in [1.807, 2.05) is 0 Å². The Labute approximate surface area is 142 Å². The van der Waals surface area contributed by atoms with Crippen molar-refractivity contribution in [1.82, 2.24) is 4.90 Å². The van der Waals surface area contributed by atoms with Gasteiger partial charge in [-0.1, -0.05) is 12.1 Å². The molecule has 1 aliphatic heterocycles. The van der Waals surface area contributed by atoms with E-state index in [0.717, 1.165) is 11.8 Å². The first-order chi connectivity index (χ1) is 11.4. The van der Waals surface area contributed by atoms with Crippen LogP contribution in [0.4, 0.5) is 0 Å². The van der Waals surface area contributed by atoms with E-state index >= 15 is 0 Å². The summed E-state index contributed by atoms with van der Waals surface area (Å²) in [5, 5.41) is 14.8. The van der Waals surface area contributed by atoms with E-state index in [1.165, 1.54) is 44.2 Å². The van der Waals surface area contributed by atoms with E-state index in [9.17, 15) is 0 Å². The van der Waals surface area contributed by atoms with Gasteiger partial charge >= 0.3 is 11.9 Å². The summed E-state index contributed by atoms with van der Waals surface area (Å²) in [6.45, 7) is 1.26. The van der Waals surface area contributed by atoms with Gasteiger partial charge in [-0.05, 0) is 68.8 Å². The molecule has 0 radical (unpaired) electrons. The number of aliphatic carboxylic acids is 2. The Kier molecular flexibility index (Phi) is 5.83. The van der Waals surface area contributed by atoms with Gasteiger partial charge < -0.3 is 19.8 Å². The number of likely N-dealkylation sites (tertiary alicyclic amines) is 1. The lowest BCUT2D eigenvalue weighted by Gasteiger charge is -2.29. The van der Waals surface area contributed by atoms with Crippen LogP contribution in [0.25, 0.3) is 0 Å². The van der Waals surface area contributed by atoms with Crippen LogP contribution in [0.15, 0.2) is 24.3 Å². The molecule has 2 N–H and O–H groups in total. The third kappa shape index (κ3) is 4.06. The van der Waals surface area contributed by atoms with E-state index < -0.39 is 11.9 Å². The van der Waals surface area contributed by atoms with Gasteiger partial charge in [0.05, 0.1) is 7.11 Å². The minimum atomic E-state index is -1.82. The zero-order chi connectivity index (χ0) is 17.7. The first-order valence-corrected chi connectivity index (χ1v) is 8.19. The molecule has 2 bridgehead atoms. The number of benzene rings is 1. The second kappa shape index (κ2) is 7.66. The second-order valence-corrected chi connectivity index (χ2v) is 6.60. The highest BCUT2D eigenvalue weighted by Gasteiger charge is 2.43. The van der Waals surface area contributed by atoms with Gasteiger partial charge in [0.25, 0.3) is 0 Å². The van der Waals surface area contributed by atoms with Crippen LogP contribution in [0.5, 0.6) is 5.75 Å². The van der Waals surface area contributed by atoms with Crippen LogP contribution in [0.1, 0.15) is 37.7 Å². The van der Waals surface area contributed by atoms with Gasteiger partial charge in [0.15, 0.2) is 0 Å². The van der Waals surface area contributed by atoms with Crippen molar-refractivity contribution in [2.45, 2.75) is 43.6 Å². The lowest BCUT2D eigenvalue weighted by molar-refractivity contribution is -0.159. The number of ether oxygens (including phenoxy) is 1. The van der Waals surface area contributed by atoms with Gasteiger partial charge in [0, 0.05) is 6.04 Å². The van der Waals surface area contributed by atoms with Crippen molar-refractivity contribution < 1.29 is 24.5 Å². The Morgan fingerprint density at radius 1 is 1.25 bits per heavy atom. The summed E-state index contributed by atoms with van der Waals surface area (Å²) < 4.78 is 5.39. The molecule has 0 amide bonds. The molecule has 132 valence electrons. The molecule has 2 atom stereocenters. The molecule has 0 aromatic heterocycles. The Morgan fingerprint density at radius 2 is 1.96 bits per heavy atom. The summed E-state index contributed by atoms with van der Waals surface area (Å²) in [7, 11) is 4.05. The van der Waals surface area contributed by atoms with Crippen LogP contribution in [0.3, 0.4) is 0 Å². The molecule has 2 aliphatic rings. The van der Waals surface area contributed by atoms with Crippen molar-refractivity contribution in [2.24, 2.45) is 0 Å². The van der Waals surface area contributed by atoms with Gasteiger partial charge in [-0.15, -0.1) is 0 Å². The van der Waals surface area contributed by atoms with Crippen LogP contribution in [-0.2, 0) is 15.0 Å². The molecule has 1 heterocycles. The standard InChI is InChI=1S/C16H23NO.C2H2O4/c1-17-10-4-8-16(9-7-14(17)12-16)13-5-3-6-15(11-13)18-2;3-1(4)2(5)6/h3,5-6,11,14H,4,7-10,12H2,1-2H3;(H,3,4)(H,5,6). The maximum Gasteiger partial charge on any atom is 0.414 e.